The van der Waals surface area contributed by atoms with Crippen LogP contribution in [-0.4, -0.2) is 41.5 Å². The molecule has 2 rings (SSSR count). The van der Waals surface area contributed by atoms with Gasteiger partial charge in [-0.1, -0.05) is 41.3 Å². The molecule has 10 heteroatoms. The van der Waals surface area contributed by atoms with Crippen LogP contribution in [0, 0.1) is 0 Å². The smallest absolute Gasteiger partial charge is 0.321 e. The van der Waals surface area contributed by atoms with Crippen LogP contribution in [0.25, 0.3) is 0 Å². The highest BCUT2D eigenvalue weighted by molar-refractivity contribution is 8.01. The highest BCUT2D eigenvalue weighted by Gasteiger charge is 2.11. The lowest BCUT2D eigenvalue weighted by molar-refractivity contribution is -0.117. The first kappa shape index (κ1) is 18.7. The molecule has 0 aliphatic heterocycles. The van der Waals surface area contributed by atoms with Gasteiger partial charge in [0.05, 0.1) is 18.6 Å². The van der Waals surface area contributed by atoms with E-state index in [1.807, 2.05) is 24.3 Å². The minimum Gasteiger partial charge on any atom is -0.495 e. The molecule has 0 saturated carbocycles. The first-order chi connectivity index (χ1) is 12.1. The number of hydrogen-bond acceptors (Lipinski definition) is 8. The molecule has 3 amide bonds. The molecular formula is C15H17N5O3S2. The summed E-state index contributed by atoms with van der Waals surface area (Å²) in [6.45, 7) is 3.76. The number of carbonyl (C=O) groups is 2. The van der Waals surface area contributed by atoms with Gasteiger partial charge in [0.2, 0.25) is 11.0 Å². The fourth-order valence-electron chi connectivity index (χ4n) is 1.68. The van der Waals surface area contributed by atoms with E-state index in [1.54, 1.807) is 7.11 Å². The van der Waals surface area contributed by atoms with E-state index in [2.05, 4.69) is 32.7 Å². The molecular weight excluding hydrogens is 362 g/mol. The summed E-state index contributed by atoms with van der Waals surface area (Å²) in [6.07, 6.45) is 1.52. The molecule has 1 aromatic heterocycles. The number of hydrogen-bond donors (Lipinski definition) is 3. The molecule has 0 spiro atoms. The summed E-state index contributed by atoms with van der Waals surface area (Å²) in [4.78, 5) is 23.0. The zero-order chi connectivity index (χ0) is 18.1. The SMILES string of the molecule is C=CCNC(=O)NC(=O)CSc1nnc(Nc2ccccc2OC)s1. The van der Waals surface area contributed by atoms with Crippen molar-refractivity contribution in [3.8, 4) is 5.75 Å². The third-order valence-corrected chi connectivity index (χ3v) is 4.71. The first-order valence-corrected chi connectivity index (χ1v) is 8.97. The van der Waals surface area contributed by atoms with Crippen LogP contribution in [0.1, 0.15) is 0 Å². The molecule has 0 aliphatic carbocycles. The van der Waals surface area contributed by atoms with Gasteiger partial charge in [-0.3, -0.25) is 10.1 Å². The standard InChI is InChI=1S/C15H17N5O3S2/c1-3-8-16-13(22)18-12(21)9-24-15-20-19-14(25-15)17-10-6-4-5-7-11(10)23-2/h3-7H,1,8-9H2,2H3,(H,17,19)(H2,16,18,21,22). The molecule has 0 bridgehead atoms. The number of nitrogens with one attached hydrogen (secondary N) is 3. The lowest BCUT2D eigenvalue weighted by Gasteiger charge is -2.07. The molecule has 0 radical (unpaired) electrons. The van der Waals surface area contributed by atoms with Gasteiger partial charge >= 0.3 is 6.03 Å². The Kier molecular flexibility index (Phi) is 7.23. The number of para-hydroxylation sites is 2. The van der Waals surface area contributed by atoms with Crippen molar-refractivity contribution >= 4 is 45.9 Å². The Bertz CT molecular complexity index is 750. The van der Waals surface area contributed by atoms with Crippen molar-refractivity contribution in [1.82, 2.24) is 20.8 Å². The normalized spacial score (nSPS) is 9.96. The van der Waals surface area contributed by atoms with Gasteiger partial charge in [0.25, 0.3) is 0 Å². The van der Waals surface area contributed by atoms with Crippen LogP contribution in [0.15, 0.2) is 41.3 Å². The third-order valence-electron chi connectivity index (χ3n) is 2.74. The van der Waals surface area contributed by atoms with Gasteiger partial charge in [0.1, 0.15) is 5.75 Å². The van der Waals surface area contributed by atoms with E-state index in [-0.39, 0.29) is 5.75 Å². The Labute approximate surface area is 153 Å². The van der Waals surface area contributed by atoms with Gasteiger partial charge < -0.3 is 15.4 Å². The number of aromatic nitrogens is 2. The van der Waals surface area contributed by atoms with Crippen molar-refractivity contribution in [2.45, 2.75) is 4.34 Å². The van der Waals surface area contributed by atoms with E-state index in [0.29, 0.717) is 21.8 Å². The number of urea groups is 1. The Hall–Kier alpha value is -2.59. The zero-order valence-electron chi connectivity index (χ0n) is 13.4. The van der Waals surface area contributed by atoms with Crippen LogP contribution < -0.4 is 20.7 Å². The second-order valence-electron chi connectivity index (χ2n) is 4.53. The number of amides is 3. The Morgan fingerprint density at radius 3 is 2.92 bits per heavy atom. The molecule has 1 heterocycles. The minimum atomic E-state index is -0.554. The average Bonchev–Trinajstić information content (AvgIpc) is 3.06. The van der Waals surface area contributed by atoms with E-state index < -0.39 is 11.9 Å². The summed E-state index contributed by atoms with van der Waals surface area (Å²) in [5.74, 6) is 0.336. The maximum atomic E-state index is 11.7. The predicted molar refractivity (Wildman–Crippen MR) is 98.6 cm³/mol. The highest BCUT2D eigenvalue weighted by Crippen LogP contribution is 2.31. The number of rotatable bonds is 8. The lowest BCUT2D eigenvalue weighted by Crippen LogP contribution is -2.40. The van der Waals surface area contributed by atoms with Gasteiger partial charge in [0.15, 0.2) is 4.34 Å². The first-order valence-electron chi connectivity index (χ1n) is 7.17. The molecule has 2 aromatic rings. The van der Waals surface area contributed by atoms with E-state index >= 15 is 0 Å². The number of carbonyl (C=O) groups excluding carboxylic acids is 2. The van der Waals surface area contributed by atoms with Gasteiger partial charge in [-0.15, -0.1) is 16.8 Å². The molecule has 0 saturated heterocycles. The molecule has 0 aliphatic rings. The number of imide groups is 1. The molecule has 0 fully saturated rings. The van der Waals surface area contributed by atoms with E-state index in [9.17, 15) is 9.59 Å². The second-order valence-corrected chi connectivity index (χ2v) is 6.73. The zero-order valence-corrected chi connectivity index (χ0v) is 15.1. The Morgan fingerprint density at radius 2 is 2.16 bits per heavy atom. The van der Waals surface area contributed by atoms with Crippen LogP contribution in [0.4, 0.5) is 15.6 Å². The number of benzene rings is 1. The van der Waals surface area contributed by atoms with E-state index in [1.165, 1.54) is 29.2 Å². The largest absolute Gasteiger partial charge is 0.495 e. The molecule has 0 atom stereocenters. The topological polar surface area (TPSA) is 105 Å². The van der Waals surface area contributed by atoms with Crippen molar-refractivity contribution in [3.05, 3.63) is 36.9 Å². The van der Waals surface area contributed by atoms with Crippen LogP contribution in [0.5, 0.6) is 5.75 Å². The molecule has 132 valence electrons. The monoisotopic (exact) mass is 379 g/mol. The molecule has 1 aromatic carbocycles. The van der Waals surface area contributed by atoms with Gasteiger partial charge in [0, 0.05) is 6.54 Å². The number of methoxy groups -OCH3 is 1. The highest BCUT2D eigenvalue weighted by atomic mass is 32.2. The summed E-state index contributed by atoms with van der Waals surface area (Å²) in [7, 11) is 1.59. The molecule has 8 nitrogen and oxygen atoms in total. The van der Waals surface area contributed by atoms with Crippen LogP contribution >= 0.6 is 23.1 Å². The Morgan fingerprint density at radius 1 is 1.36 bits per heavy atom. The fourth-order valence-corrected chi connectivity index (χ4v) is 3.25. The quantitative estimate of drug-likeness (QED) is 0.478. The maximum absolute atomic E-state index is 11.7. The average molecular weight is 379 g/mol. The molecule has 0 unspecified atom stereocenters. The lowest BCUT2D eigenvalue weighted by atomic mass is 10.3. The molecule has 25 heavy (non-hydrogen) atoms. The van der Waals surface area contributed by atoms with Crippen LogP contribution in [0.3, 0.4) is 0 Å². The van der Waals surface area contributed by atoms with Crippen LogP contribution in [0.2, 0.25) is 0 Å². The summed E-state index contributed by atoms with van der Waals surface area (Å²) < 4.78 is 5.87. The van der Waals surface area contributed by atoms with E-state index in [4.69, 9.17) is 4.74 Å². The van der Waals surface area contributed by atoms with Crippen molar-refractivity contribution < 1.29 is 14.3 Å². The van der Waals surface area contributed by atoms with Gasteiger partial charge in [-0.05, 0) is 12.1 Å². The van der Waals surface area contributed by atoms with Crippen molar-refractivity contribution in [2.75, 3.05) is 24.7 Å². The maximum Gasteiger partial charge on any atom is 0.321 e. The van der Waals surface area contributed by atoms with Gasteiger partial charge in [-0.25, -0.2) is 4.79 Å². The molecule has 3 N–H and O–H groups in total. The van der Waals surface area contributed by atoms with Crippen molar-refractivity contribution in [3.63, 3.8) is 0 Å². The number of anilines is 2. The minimum absolute atomic E-state index is 0.0603. The number of ether oxygens (including phenoxy) is 1. The second kappa shape index (κ2) is 9.64. The summed E-state index contributed by atoms with van der Waals surface area (Å²) in [5.41, 5.74) is 0.773. The summed E-state index contributed by atoms with van der Waals surface area (Å²) in [6, 6.07) is 6.89. The van der Waals surface area contributed by atoms with Crippen molar-refractivity contribution in [2.24, 2.45) is 0 Å². The third kappa shape index (κ3) is 6.08. The number of thioether (sulfide) groups is 1. The summed E-state index contributed by atoms with van der Waals surface area (Å²) >= 11 is 2.50. The van der Waals surface area contributed by atoms with Crippen LogP contribution in [-0.2, 0) is 4.79 Å². The number of nitrogens with zero attached hydrogens (tertiary/aromatic N) is 2. The Balaban J connectivity index is 1.84. The van der Waals surface area contributed by atoms with Crippen molar-refractivity contribution in [1.29, 1.82) is 0 Å². The van der Waals surface area contributed by atoms with Gasteiger partial charge in [-0.2, -0.15) is 0 Å². The summed E-state index contributed by atoms with van der Waals surface area (Å²) in [5, 5.41) is 16.4. The predicted octanol–water partition coefficient (Wildman–Crippen LogP) is 2.39. The fraction of sp³-hybridized carbons (Fsp3) is 0.200. The van der Waals surface area contributed by atoms with E-state index in [0.717, 1.165) is 5.69 Å².